The van der Waals surface area contributed by atoms with Crippen LogP contribution < -0.4 is 10.6 Å². The summed E-state index contributed by atoms with van der Waals surface area (Å²) in [5.41, 5.74) is 0.598. The van der Waals surface area contributed by atoms with Crippen molar-refractivity contribution in [2.45, 2.75) is 31.8 Å². The van der Waals surface area contributed by atoms with E-state index in [1.165, 1.54) is 37.1 Å². The van der Waals surface area contributed by atoms with E-state index < -0.39 is 0 Å². The van der Waals surface area contributed by atoms with Crippen LogP contribution in [0.2, 0.25) is 0 Å². The number of benzene rings is 1. The molecule has 0 saturated heterocycles. The molecule has 0 unspecified atom stereocenters. The average Bonchev–Trinajstić information content (AvgIpc) is 2.94. The zero-order chi connectivity index (χ0) is 14.2. The van der Waals surface area contributed by atoms with Crippen molar-refractivity contribution < 1.29 is 13.9 Å². The van der Waals surface area contributed by atoms with Crippen LogP contribution in [0, 0.1) is 5.82 Å². The molecule has 0 aromatic heterocycles. The van der Waals surface area contributed by atoms with Crippen molar-refractivity contribution in [1.82, 2.24) is 5.32 Å². The van der Waals surface area contributed by atoms with Crippen LogP contribution in [0.1, 0.15) is 25.7 Å². The minimum absolute atomic E-state index is 0.141. The van der Waals surface area contributed by atoms with Gasteiger partial charge in [0.15, 0.2) is 0 Å². The lowest BCUT2D eigenvalue weighted by molar-refractivity contribution is -0.115. The first-order valence-corrected chi connectivity index (χ1v) is 7.12. The molecule has 0 aliphatic heterocycles. The number of amides is 1. The Kier molecular flexibility index (Phi) is 5.95. The molecule has 4 nitrogen and oxygen atoms in total. The Balaban J connectivity index is 1.54. The maximum Gasteiger partial charge on any atom is 0.238 e. The fourth-order valence-electron chi connectivity index (χ4n) is 2.29. The summed E-state index contributed by atoms with van der Waals surface area (Å²) in [4.78, 5) is 11.6. The van der Waals surface area contributed by atoms with E-state index in [1.807, 2.05) is 0 Å². The topological polar surface area (TPSA) is 50.4 Å². The molecular formula is C15H21FN2O2. The van der Waals surface area contributed by atoms with E-state index in [1.54, 1.807) is 0 Å². The van der Waals surface area contributed by atoms with Gasteiger partial charge in [-0.25, -0.2) is 4.39 Å². The fraction of sp³-hybridized carbons (Fsp3) is 0.533. The van der Waals surface area contributed by atoms with Gasteiger partial charge in [0.05, 0.1) is 19.3 Å². The van der Waals surface area contributed by atoms with Gasteiger partial charge in [0.25, 0.3) is 0 Å². The third-order valence-corrected chi connectivity index (χ3v) is 3.35. The third-order valence-electron chi connectivity index (χ3n) is 3.35. The predicted molar refractivity (Wildman–Crippen MR) is 76.1 cm³/mol. The molecule has 1 amide bonds. The van der Waals surface area contributed by atoms with E-state index >= 15 is 0 Å². The Morgan fingerprint density at radius 1 is 1.25 bits per heavy atom. The molecule has 0 bridgehead atoms. The number of anilines is 1. The summed E-state index contributed by atoms with van der Waals surface area (Å²) in [6.45, 7) is 1.52. The van der Waals surface area contributed by atoms with Gasteiger partial charge in [-0.1, -0.05) is 12.8 Å². The Morgan fingerprint density at radius 2 is 1.95 bits per heavy atom. The molecule has 1 aliphatic rings. The highest BCUT2D eigenvalue weighted by Crippen LogP contribution is 2.20. The van der Waals surface area contributed by atoms with Crippen LogP contribution in [0.3, 0.4) is 0 Å². The molecule has 1 aromatic carbocycles. The molecule has 110 valence electrons. The molecule has 0 atom stereocenters. The summed E-state index contributed by atoms with van der Waals surface area (Å²) in [5.74, 6) is -0.456. The summed E-state index contributed by atoms with van der Waals surface area (Å²) in [6.07, 6.45) is 5.25. The van der Waals surface area contributed by atoms with E-state index in [0.29, 0.717) is 24.9 Å². The van der Waals surface area contributed by atoms with Crippen molar-refractivity contribution in [2.75, 3.05) is 25.0 Å². The monoisotopic (exact) mass is 280 g/mol. The number of hydrogen-bond donors (Lipinski definition) is 2. The first kappa shape index (κ1) is 14.9. The van der Waals surface area contributed by atoms with Crippen molar-refractivity contribution in [2.24, 2.45) is 0 Å². The highest BCUT2D eigenvalue weighted by atomic mass is 19.1. The van der Waals surface area contributed by atoms with Crippen LogP contribution in [0.4, 0.5) is 10.1 Å². The molecule has 2 rings (SSSR count). The van der Waals surface area contributed by atoms with Crippen LogP contribution in [0.5, 0.6) is 0 Å². The van der Waals surface area contributed by atoms with Crippen LogP contribution in [-0.2, 0) is 9.53 Å². The van der Waals surface area contributed by atoms with E-state index in [9.17, 15) is 9.18 Å². The fourth-order valence-corrected chi connectivity index (χ4v) is 2.29. The van der Waals surface area contributed by atoms with Gasteiger partial charge in [-0.2, -0.15) is 0 Å². The van der Waals surface area contributed by atoms with Crippen molar-refractivity contribution >= 4 is 11.6 Å². The first-order chi connectivity index (χ1) is 9.74. The lowest BCUT2D eigenvalue weighted by atomic mass is 10.3. The number of nitrogens with one attached hydrogen (secondary N) is 2. The van der Waals surface area contributed by atoms with Crippen LogP contribution in [0.25, 0.3) is 0 Å². The Hall–Kier alpha value is -1.46. The van der Waals surface area contributed by atoms with E-state index in [2.05, 4.69) is 10.6 Å². The van der Waals surface area contributed by atoms with Gasteiger partial charge in [0, 0.05) is 12.2 Å². The van der Waals surface area contributed by atoms with E-state index in [0.717, 1.165) is 12.8 Å². The van der Waals surface area contributed by atoms with Crippen molar-refractivity contribution in [3.63, 3.8) is 0 Å². The van der Waals surface area contributed by atoms with Gasteiger partial charge >= 0.3 is 0 Å². The van der Waals surface area contributed by atoms with Gasteiger partial charge in [-0.15, -0.1) is 0 Å². The van der Waals surface area contributed by atoms with Gasteiger partial charge < -0.3 is 15.4 Å². The molecule has 1 saturated carbocycles. The van der Waals surface area contributed by atoms with Crippen molar-refractivity contribution in [3.8, 4) is 0 Å². The van der Waals surface area contributed by atoms with Gasteiger partial charge in [-0.05, 0) is 37.1 Å². The lowest BCUT2D eigenvalue weighted by Gasteiger charge is -2.11. The maximum absolute atomic E-state index is 12.7. The molecule has 1 aliphatic carbocycles. The predicted octanol–water partition coefficient (Wildman–Crippen LogP) is 2.31. The lowest BCUT2D eigenvalue weighted by Crippen LogP contribution is -2.31. The number of carbonyl (C=O) groups excluding carboxylic acids is 1. The summed E-state index contributed by atoms with van der Waals surface area (Å²) in [6, 6.07) is 5.71. The van der Waals surface area contributed by atoms with Crippen LogP contribution >= 0.6 is 0 Å². The quantitative estimate of drug-likeness (QED) is 0.754. The standard InChI is InChI=1S/C15H21FN2O2/c16-12-5-7-13(8-6-12)18-15(19)11-17-9-10-20-14-3-1-2-4-14/h5-8,14,17H,1-4,9-11H2,(H,18,19). The SMILES string of the molecule is O=C(CNCCOC1CCCC1)Nc1ccc(F)cc1. The number of halogens is 1. The second-order valence-corrected chi connectivity index (χ2v) is 5.01. The molecule has 0 heterocycles. The molecule has 5 heteroatoms. The highest BCUT2D eigenvalue weighted by Gasteiger charge is 2.14. The zero-order valence-electron chi connectivity index (χ0n) is 11.5. The van der Waals surface area contributed by atoms with Crippen molar-refractivity contribution in [3.05, 3.63) is 30.1 Å². The second-order valence-electron chi connectivity index (χ2n) is 5.01. The summed E-state index contributed by atoms with van der Waals surface area (Å²) < 4.78 is 18.4. The smallest absolute Gasteiger partial charge is 0.238 e. The molecule has 0 radical (unpaired) electrons. The normalized spacial score (nSPS) is 15.4. The van der Waals surface area contributed by atoms with E-state index in [4.69, 9.17) is 4.74 Å². The molecule has 1 fully saturated rings. The summed E-state index contributed by atoms with van der Waals surface area (Å²) >= 11 is 0. The molecule has 0 spiro atoms. The number of ether oxygens (including phenoxy) is 1. The largest absolute Gasteiger partial charge is 0.377 e. The first-order valence-electron chi connectivity index (χ1n) is 7.12. The number of hydrogen-bond acceptors (Lipinski definition) is 3. The number of carbonyl (C=O) groups is 1. The van der Waals surface area contributed by atoms with Crippen LogP contribution in [-0.4, -0.2) is 31.7 Å². The van der Waals surface area contributed by atoms with Gasteiger partial charge in [0.2, 0.25) is 5.91 Å². The maximum atomic E-state index is 12.7. The van der Waals surface area contributed by atoms with E-state index in [-0.39, 0.29) is 18.3 Å². The zero-order valence-corrected chi connectivity index (χ0v) is 11.5. The average molecular weight is 280 g/mol. The highest BCUT2D eigenvalue weighted by molar-refractivity contribution is 5.92. The van der Waals surface area contributed by atoms with Crippen LogP contribution in [0.15, 0.2) is 24.3 Å². The van der Waals surface area contributed by atoms with Gasteiger partial charge in [-0.3, -0.25) is 4.79 Å². The third kappa shape index (κ3) is 5.27. The molecular weight excluding hydrogens is 259 g/mol. The minimum atomic E-state index is -0.315. The molecule has 1 aromatic rings. The summed E-state index contributed by atoms with van der Waals surface area (Å²) in [5, 5.41) is 5.72. The molecule has 20 heavy (non-hydrogen) atoms. The minimum Gasteiger partial charge on any atom is -0.377 e. The molecule has 2 N–H and O–H groups in total. The Bertz CT molecular complexity index is 416. The Morgan fingerprint density at radius 3 is 2.65 bits per heavy atom. The van der Waals surface area contributed by atoms with Crippen molar-refractivity contribution in [1.29, 1.82) is 0 Å². The van der Waals surface area contributed by atoms with Gasteiger partial charge in [0.1, 0.15) is 5.82 Å². The number of rotatable bonds is 7. The second kappa shape index (κ2) is 7.97. The summed E-state index contributed by atoms with van der Waals surface area (Å²) in [7, 11) is 0. The Labute approximate surface area is 118 Å².